The van der Waals surface area contributed by atoms with Gasteiger partial charge in [-0.1, -0.05) is 38.1 Å². The van der Waals surface area contributed by atoms with E-state index in [-0.39, 0.29) is 5.91 Å². The number of aryl methyl sites for hydroxylation is 1. The number of nitrogens with one attached hydrogen (secondary N) is 1. The lowest BCUT2D eigenvalue weighted by molar-refractivity contribution is -0.111. The van der Waals surface area contributed by atoms with Crippen molar-refractivity contribution in [1.82, 2.24) is 9.97 Å². The molecule has 2 aromatic rings. The molecule has 0 fully saturated rings. The van der Waals surface area contributed by atoms with Crippen molar-refractivity contribution in [2.24, 2.45) is 0 Å². The van der Waals surface area contributed by atoms with Gasteiger partial charge in [0.25, 0.3) is 0 Å². The van der Waals surface area contributed by atoms with Gasteiger partial charge in [-0.3, -0.25) is 9.78 Å². The topological polar surface area (TPSA) is 54.9 Å². The normalized spacial score (nSPS) is 10.7. The first-order chi connectivity index (χ1) is 11.1. The number of allylic oxidation sites excluding steroid dienone is 1. The summed E-state index contributed by atoms with van der Waals surface area (Å²) in [4.78, 5) is 20.3. The van der Waals surface area contributed by atoms with Gasteiger partial charge >= 0.3 is 0 Å². The lowest BCUT2D eigenvalue weighted by Gasteiger charge is -2.07. The maximum atomic E-state index is 11.4. The van der Waals surface area contributed by atoms with Crippen molar-refractivity contribution < 1.29 is 4.79 Å². The van der Waals surface area contributed by atoms with Crippen LogP contribution in [0.5, 0.6) is 0 Å². The Morgan fingerprint density at radius 1 is 1.39 bits per heavy atom. The summed E-state index contributed by atoms with van der Waals surface area (Å²) >= 11 is 0. The number of amides is 1. The van der Waals surface area contributed by atoms with Crippen LogP contribution >= 0.6 is 0 Å². The van der Waals surface area contributed by atoms with E-state index in [1.807, 2.05) is 19.1 Å². The van der Waals surface area contributed by atoms with Crippen LogP contribution in [0, 0.1) is 6.92 Å². The summed E-state index contributed by atoms with van der Waals surface area (Å²) in [6.45, 7) is 7.58. The molecule has 0 aliphatic heterocycles. The molecule has 0 saturated heterocycles. The Kier molecular flexibility index (Phi) is 5.80. The Bertz CT molecular complexity index is 735. The number of hydrogen-bond donors (Lipinski definition) is 1. The number of carbonyl (C=O) groups excluding carboxylic acids is 1. The van der Waals surface area contributed by atoms with Crippen molar-refractivity contribution in [3.63, 3.8) is 0 Å². The highest BCUT2D eigenvalue weighted by molar-refractivity contribution is 5.98. The molecule has 1 N–H and O–H groups in total. The van der Waals surface area contributed by atoms with Gasteiger partial charge in [-0.25, -0.2) is 4.98 Å². The third kappa shape index (κ3) is 4.61. The van der Waals surface area contributed by atoms with Crippen molar-refractivity contribution in [3.05, 3.63) is 60.5 Å². The Hall–Kier alpha value is -2.75. The predicted molar refractivity (Wildman–Crippen MR) is 95.0 cm³/mol. The summed E-state index contributed by atoms with van der Waals surface area (Å²) in [6, 6.07) is 7.56. The van der Waals surface area contributed by atoms with Crippen LogP contribution in [-0.2, 0) is 4.79 Å². The average molecular weight is 307 g/mol. The summed E-state index contributed by atoms with van der Waals surface area (Å²) in [5.41, 5.74) is 3.75. The first-order valence-electron chi connectivity index (χ1n) is 7.68. The molecule has 0 atom stereocenters. The molecule has 118 valence electrons. The van der Waals surface area contributed by atoms with Crippen LogP contribution in [0.25, 0.3) is 17.3 Å². The molecule has 23 heavy (non-hydrogen) atoms. The third-order valence-electron chi connectivity index (χ3n) is 3.36. The molecule has 0 unspecified atom stereocenters. The first-order valence-corrected chi connectivity index (χ1v) is 7.68. The standard InChI is InChI=1S/C19H21N3O/c1-4-6-7-9-15-12-16(13-20-14(15)3)17-10-8-11-18(21-17)22-19(23)5-2/h5,7-13H,2,4,6H2,1,3H3,(H,21,22,23)/b9-7-. The molecule has 2 aromatic heterocycles. The van der Waals surface area contributed by atoms with Gasteiger partial charge in [-0.15, -0.1) is 0 Å². The summed E-state index contributed by atoms with van der Waals surface area (Å²) < 4.78 is 0. The number of carbonyl (C=O) groups is 1. The van der Waals surface area contributed by atoms with E-state index in [1.165, 1.54) is 6.08 Å². The number of nitrogens with zero attached hydrogens (tertiary/aromatic N) is 2. The number of hydrogen-bond acceptors (Lipinski definition) is 3. The Morgan fingerprint density at radius 3 is 2.96 bits per heavy atom. The van der Waals surface area contributed by atoms with E-state index in [9.17, 15) is 4.79 Å². The SMILES string of the molecule is C=CC(=O)Nc1cccc(-c2cnc(C)c(/C=C\CCC)c2)n1. The zero-order valence-corrected chi connectivity index (χ0v) is 13.5. The largest absolute Gasteiger partial charge is 0.307 e. The number of unbranched alkanes of at least 4 members (excludes halogenated alkanes) is 1. The van der Waals surface area contributed by atoms with Gasteiger partial charge in [0, 0.05) is 17.5 Å². The molecule has 2 rings (SSSR count). The molecule has 0 aliphatic rings. The minimum atomic E-state index is -0.278. The van der Waals surface area contributed by atoms with E-state index in [2.05, 4.69) is 47.0 Å². The van der Waals surface area contributed by atoms with Gasteiger partial charge in [0.05, 0.1) is 5.69 Å². The molecule has 0 bridgehead atoms. The zero-order chi connectivity index (χ0) is 16.7. The van der Waals surface area contributed by atoms with Crippen LogP contribution in [0.1, 0.15) is 31.0 Å². The monoisotopic (exact) mass is 307 g/mol. The van der Waals surface area contributed by atoms with Crippen LogP contribution in [0.4, 0.5) is 5.82 Å². The lowest BCUT2D eigenvalue weighted by atomic mass is 10.1. The van der Waals surface area contributed by atoms with E-state index in [1.54, 1.807) is 12.3 Å². The first kappa shape index (κ1) is 16.6. The van der Waals surface area contributed by atoms with Gasteiger partial charge in [0.1, 0.15) is 5.82 Å². The summed E-state index contributed by atoms with van der Waals surface area (Å²) in [5.74, 6) is 0.218. The maximum absolute atomic E-state index is 11.4. The van der Waals surface area contributed by atoms with E-state index < -0.39 is 0 Å². The smallest absolute Gasteiger partial charge is 0.248 e. The quantitative estimate of drug-likeness (QED) is 0.805. The Balaban J connectivity index is 2.31. The molecule has 0 aliphatic carbocycles. The van der Waals surface area contributed by atoms with Gasteiger partial charge < -0.3 is 5.32 Å². The maximum Gasteiger partial charge on any atom is 0.248 e. The van der Waals surface area contributed by atoms with Crippen LogP contribution in [-0.4, -0.2) is 15.9 Å². The van der Waals surface area contributed by atoms with Crippen LogP contribution in [0.2, 0.25) is 0 Å². The highest BCUT2D eigenvalue weighted by atomic mass is 16.1. The van der Waals surface area contributed by atoms with E-state index in [0.717, 1.165) is 35.4 Å². The van der Waals surface area contributed by atoms with Gasteiger partial charge in [-0.05, 0) is 43.2 Å². The fourth-order valence-electron chi connectivity index (χ4n) is 2.08. The molecule has 1 amide bonds. The Morgan fingerprint density at radius 2 is 2.22 bits per heavy atom. The minimum Gasteiger partial charge on any atom is -0.307 e. The van der Waals surface area contributed by atoms with E-state index in [4.69, 9.17) is 0 Å². The molecule has 2 heterocycles. The predicted octanol–water partition coefficient (Wildman–Crippen LogP) is 4.39. The molecule has 4 nitrogen and oxygen atoms in total. The van der Waals surface area contributed by atoms with E-state index >= 15 is 0 Å². The molecule has 4 heteroatoms. The molecular weight excluding hydrogens is 286 g/mol. The van der Waals surface area contributed by atoms with E-state index in [0.29, 0.717) is 5.82 Å². The second-order valence-electron chi connectivity index (χ2n) is 5.19. The Labute approximate surface area is 137 Å². The lowest BCUT2D eigenvalue weighted by Crippen LogP contribution is -2.08. The summed E-state index contributed by atoms with van der Waals surface area (Å²) in [7, 11) is 0. The zero-order valence-electron chi connectivity index (χ0n) is 13.5. The fraction of sp³-hybridized carbons (Fsp3) is 0.211. The number of rotatable bonds is 6. The summed E-state index contributed by atoms with van der Waals surface area (Å²) in [6.07, 6.45) is 9.44. The van der Waals surface area contributed by atoms with Crippen molar-refractivity contribution in [1.29, 1.82) is 0 Å². The van der Waals surface area contributed by atoms with Crippen molar-refractivity contribution in [2.45, 2.75) is 26.7 Å². The number of aromatic nitrogens is 2. The van der Waals surface area contributed by atoms with Crippen molar-refractivity contribution >= 4 is 17.8 Å². The second kappa shape index (κ2) is 8.03. The molecule has 0 saturated carbocycles. The minimum absolute atomic E-state index is 0.278. The van der Waals surface area contributed by atoms with Gasteiger partial charge in [0.15, 0.2) is 0 Å². The second-order valence-corrected chi connectivity index (χ2v) is 5.19. The number of anilines is 1. The van der Waals surface area contributed by atoms with Gasteiger partial charge in [-0.2, -0.15) is 0 Å². The van der Waals surface area contributed by atoms with Gasteiger partial charge in [0.2, 0.25) is 5.91 Å². The molecule has 0 aromatic carbocycles. The van der Waals surface area contributed by atoms with Crippen molar-refractivity contribution in [2.75, 3.05) is 5.32 Å². The third-order valence-corrected chi connectivity index (χ3v) is 3.36. The fourth-order valence-corrected chi connectivity index (χ4v) is 2.08. The number of pyridine rings is 2. The average Bonchev–Trinajstić information content (AvgIpc) is 2.57. The highest BCUT2D eigenvalue weighted by Crippen LogP contribution is 2.21. The molecular formula is C19H21N3O. The van der Waals surface area contributed by atoms with Crippen LogP contribution < -0.4 is 5.32 Å². The molecule has 0 spiro atoms. The van der Waals surface area contributed by atoms with Crippen molar-refractivity contribution in [3.8, 4) is 11.3 Å². The summed E-state index contributed by atoms with van der Waals surface area (Å²) in [5, 5.41) is 2.67. The highest BCUT2D eigenvalue weighted by Gasteiger charge is 2.05. The van der Waals surface area contributed by atoms with Crippen LogP contribution in [0.15, 0.2) is 49.2 Å². The van der Waals surface area contributed by atoms with Crippen LogP contribution in [0.3, 0.4) is 0 Å². The molecule has 0 radical (unpaired) electrons.